The Balaban J connectivity index is 2.13. The van der Waals surface area contributed by atoms with Crippen LogP contribution >= 0.6 is 0 Å². The number of hydrogen-bond donors (Lipinski definition) is 1. The molecular formula is C14H22N2O2S. The molecule has 0 radical (unpaired) electrons. The van der Waals surface area contributed by atoms with Crippen LogP contribution in [0.15, 0.2) is 30.3 Å². The third-order valence-corrected chi connectivity index (χ3v) is 5.66. The molecule has 1 aliphatic rings. The summed E-state index contributed by atoms with van der Waals surface area (Å²) in [6, 6.07) is 9.37. The molecule has 5 heteroatoms. The zero-order valence-corrected chi connectivity index (χ0v) is 12.4. The molecule has 1 heterocycles. The fraction of sp³-hybridized carbons (Fsp3) is 0.571. The first-order valence-electron chi connectivity index (χ1n) is 6.59. The quantitative estimate of drug-likeness (QED) is 0.915. The van der Waals surface area contributed by atoms with Gasteiger partial charge in [-0.2, -0.15) is 0 Å². The Morgan fingerprint density at radius 3 is 2.53 bits per heavy atom. The van der Waals surface area contributed by atoms with E-state index in [-0.39, 0.29) is 17.2 Å². The molecule has 1 unspecified atom stereocenters. The zero-order valence-electron chi connectivity index (χ0n) is 11.5. The third-order valence-electron chi connectivity index (χ3n) is 3.86. The van der Waals surface area contributed by atoms with Crippen LogP contribution in [0.4, 0.5) is 0 Å². The minimum atomic E-state index is -3.25. The van der Waals surface area contributed by atoms with Crippen LogP contribution in [0, 0.1) is 5.41 Å². The predicted molar refractivity (Wildman–Crippen MR) is 77.0 cm³/mol. The smallest absolute Gasteiger partial charge is 0.218 e. The van der Waals surface area contributed by atoms with E-state index in [1.807, 2.05) is 44.2 Å². The molecule has 0 saturated carbocycles. The monoisotopic (exact) mass is 282 g/mol. The number of hydrogen-bond acceptors (Lipinski definition) is 3. The van der Waals surface area contributed by atoms with Crippen molar-refractivity contribution in [1.82, 2.24) is 4.31 Å². The maximum Gasteiger partial charge on any atom is 0.218 e. The molecular weight excluding hydrogens is 260 g/mol. The lowest BCUT2D eigenvalue weighted by Crippen LogP contribution is -2.54. The third kappa shape index (κ3) is 3.35. The second kappa shape index (κ2) is 5.23. The summed E-state index contributed by atoms with van der Waals surface area (Å²) in [4.78, 5) is 0. The van der Waals surface area contributed by atoms with Crippen molar-refractivity contribution in [3.05, 3.63) is 35.9 Å². The molecule has 1 aliphatic heterocycles. The molecule has 1 aromatic carbocycles. The van der Waals surface area contributed by atoms with Gasteiger partial charge in [-0.3, -0.25) is 0 Å². The van der Waals surface area contributed by atoms with Crippen LogP contribution < -0.4 is 5.73 Å². The Morgan fingerprint density at radius 1 is 1.32 bits per heavy atom. The van der Waals surface area contributed by atoms with Crippen molar-refractivity contribution in [3.63, 3.8) is 0 Å². The molecule has 1 saturated heterocycles. The first kappa shape index (κ1) is 14.5. The standard InChI is InChI=1S/C14H22N2O2S/c1-14(2)11-16(9-8-13(14)15)19(17,18)10-12-6-4-3-5-7-12/h3-7,13H,8-11,15H2,1-2H3. The highest BCUT2D eigenvalue weighted by Crippen LogP contribution is 2.30. The van der Waals surface area contributed by atoms with Crippen LogP contribution in [0.2, 0.25) is 0 Å². The molecule has 0 aromatic heterocycles. The van der Waals surface area contributed by atoms with Crippen LogP contribution in [0.3, 0.4) is 0 Å². The molecule has 4 nitrogen and oxygen atoms in total. The van der Waals surface area contributed by atoms with E-state index in [0.29, 0.717) is 13.1 Å². The predicted octanol–water partition coefficient (Wildman–Crippen LogP) is 1.58. The van der Waals surface area contributed by atoms with Crippen molar-refractivity contribution in [3.8, 4) is 0 Å². The fourth-order valence-corrected chi connectivity index (χ4v) is 4.15. The van der Waals surface area contributed by atoms with E-state index in [1.165, 1.54) is 0 Å². The first-order chi connectivity index (χ1) is 8.81. The van der Waals surface area contributed by atoms with Gasteiger partial charge in [-0.15, -0.1) is 0 Å². The van der Waals surface area contributed by atoms with Gasteiger partial charge in [0.15, 0.2) is 0 Å². The minimum Gasteiger partial charge on any atom is -0.327 e. The molecule has 0 aliphatic carbocycles. The van der Waals surface area contributed by atoms with Gasteiger partial charge in [0.1, 0.15) is 0 Å². The first-order valence-corrected chi connectivity index (χ1v) is 8.19. The van der Waals surface area contributed by atoms with Gasteiger partial charge in [-0.05, 0) is 17.4 Å². The van der Waals surface area contributed by atoms with Crippen molar-refractivity contribution in [1.29, 1.82) is 0 Å². The summed E-state index contributed by atoms with van der Waals surface area (Å²) >= 11 is 0. The molecule has 2 rings (SSSR count). The van der Waals surface area contributed by atoms with Crippen LogP contribution in [0.1, 0.15) is 25.8 Å². The van der Waals surface area contributed by atoms with E-state index in [2.05, 4.69) is 0 Å². The number of piperidine rings is 1. The summed E-state index contributed by atoms with van der Waals surface area (Å²) in [7, 11) is -3.25. The van der Waals surface area contributed by atoms with Crippen molar-refractivity contribution >= 4 is 10.0 Å². The van der Waals surface area contributed by atoms with E-state index in [4.69, 9.17) is 5.73 Å². The molecule has 19 heavy (non-hydrogen) atoms. The Morgan fingerprint density at radius 2 is 1.95 bits per heavy atom. The highest BCUT2D eigenvalue weighted by Gasteiger charge is 2.38. The van der Waals surface area contributed by atoms with Gasteiger partial charge >= 0.3 is 0 Å². The highest BCUT2D eigenvalue weighted by atomic mass is 32.2. The van der Waals surface area contributed by atoms with Gasteiger partial charge in [0.2, 0.25) is 10.0 Å². The van der Waals surface area contributed by atoms with E-state index >= 15 is 0 Å². The van der Waals surface area contributed by atoms with E-state index in [9.17, 15) is 8.42 Å². The Hall–Kier alpha value is -0.910. The normalized spacial score (nSPS) is 24.3. The minimum absolute atomic E-state index is 0.0654. The highest BCUT2D eigenvalue weighted by molar-refractivity contribution is 7.88. The Kier molecular flexibility index (Phi) is 3.99. The summed E-state index contributed by atoms with van der Waals surface area (Å²) < 4.78 is 26.5. The summed E-state index contributed by atoms with van der Waals surface area (Å²) in [5, 5.41) is 0. The summed E-state index contributed by atoms with van der Waals surface area (Å²) in [6.07, 6.45) is 0.723. The van der Waals surface area contributed by atoms with Crippen LogP contribution in [0.5, 0.6) is 0 Å². The van der Waals surface area contributed by atoms with Gasteiger partial charge < -0.3 is 5.73 Å². The Bertz CT molecular complexity index is 526. The maximum absolute atomic E-state index is 12.4. The average molecular weight is 282 g/mol. The van der Waals surface area contributed by atoms with Crippen molar-refractivity contribution in [2.75, 3.05) is 13.1 Å². The summed E-state index contributed by atoms with van der Waals surface area (Å²) in [5.74, 6) is 0.0686. The largest absolute Gasteiger partial charge is 0.327 e. The molecule has 2 N–H and O–H groups in total. The summed E-state index contributed by atoms with van der Waals surface area (Å²) in [5.41, 5.74) is 6.71. The lowest BCUT2D eigenvalue weighted by molar-refractivity contribution is 0.155. The Labute approximate surface area is 115 Å². The number of benzene rings is 1. The van der Waals surface area contributed by atoms with Crippen molar-refractivity contribution in [2.45, 2.75) is 32.1 Å². The van der Waals surface area contributed by atoms with Gasteiger partial charge in [0.25, 0.3) is 0 Å². The number of nitrogens with two attached hydrogens (primary N) is 1. The van der Waals surface area contributed by atoms with Crippen LogP contribution in [0.25, 0.3) is 0 Å². The molecule has 1 aromatic rings. The SMILES string of the molecule is CC1(C)CN(S(=O)(=O)Cc2ccccc2)CCC1N. The van der Waals surface area contributed by atoms with E-state index < -0.39 is 10.0 Å². The van der Waals surface area contributed by atoms with Crippen molar-refractivity contribution < 1.29 is 8.42 Å². The summed E-state index contributed by atoms with van der Waals surface area (Å²) in [6.45, 7) is 5.09. The van der Waals surface area contributed by atoms with Crippen molar-refractivity contribution in [2.24, 2.45) is 11.1 Å². The number of sulfonamides is 1. The molecule has 0 bridgehead atoms. The topological polar surface area (TPSA) is 63.4 Å². The molecule has 1 atom stereocenters. The maximum atomic E-state index is 12.4. The molecule has 0 spiro atoms. The van der Waals surface area contributed by atoms with Crippen LogP contribution in [-0.4, -0.2) is 31.9 Å². The molecule has 0 amide bonds. The van der Waals surface area contributed by atoms with Gasteiger partial charge in [0.05, 0.1) is 5.75 Å². The molecule has 106 valence electrons. The van der Waals surface area contributed by atoms with E-state index in [0.717, 1.165) is 12.0 Å². The molecule has 1 fully saturated rings. The number of rotatable bonds is 3. The van der Waals surface area contributed by atoms with E-state index in [1.54, 1.807) is 4.31 Å². The van der Waals surface area contributed by atoms with Crippen LogP contribution in [-0.2, 0) is 15.8 Å². The zero-order chi connectivity index (χ0) is 14.1. The second-order valence-electron chi connectivity index (χ2n) is 5.96. The fourth-order valence-electron chi connectivity index (χ4n) is 2.44. The van der Waals surface area contributed by atoms with Gasteiger partial charge in [-0.1, -0.05) is 44.2 Å². The van der Waals surface area contributed by atoms with Gasteiger partial charge in [0, 0.05) is 19.1 Å². The number of nitrogens with zero attached hydrogens (tertiary/aromatic N) is 1. The lowest BCUT2D eigenvalue weighted by atomic mass is 9.81. The second-order valence-corrected chi connectivity index (χ2v) is 7.93. The lowest BCUT2D eigenvalue weighted by Gasteiger charge is -2.41. The average Bonchev–Trinajstić information content (AvgIpc) is 2.33. The van der Waals surface area contributed by atoms with Gasteiger partial charge in [-0.25, -0.2) is 12.7 Å².